The number of aromatic nitrogens is 1. The Morgan fingerprint density at radius 1 is 1.35 bits per heavy atom. The predicted molar refractivity (Wildman–Crippen MR) is 98.5 cm³/mol. The van der Waals surface area contributed by atoms with Gasteiger partial charge in [-0.3, -0.25) is 9.88 Å². The monoisotopic (exact) mass is 351 g/mol. The van der Waals surface area contributed by atoms with E-state index in [9.17, 15) is 0 Å². The second-order valence-electron chi connectivity index (χ2n) is 5.96. The number of benzene rings is 1. The molecular formula is C18H23Cl2N3. The Bertz CT molecular complexity index is 606. The number of halogens is 2. The average molecular weight is 352 g/mol. The van der Waals surface area contributed by atoms with E-state index in [2.05, 4.69) is 40.3 Å². The Hall–Kier alpha value is -1.13. The van der Waals surface area contributed by atoms with Crippen molar-refractivity contribution in [1.29, 1.82) is 0 Å². The van der Waals surface area contributed by atoms with E-state index in [-0.39, 0.29) is 12.4 Å². The summed E-state index contributed by atoms with van der Waals surface area (Å²) in [5, 5.41) is 4.31. The van der Waals surface area contributed by atoms with E-state index in [1.807, 2.05) is 30.6 Å². The van der Waals surface area contributed by atoms with Gasteiger partial charge in [-0.05, 0) is 35.2 Å². The maximum atomic E-state index is 6.12. The van der Waals surface area contributed by atoms with Crippen LogP contribution >= 0.6 is 24.0 Å². The van der Waals surface area contributed by atoms with Crippen LogP contribution in [-0.4, -0.2) is 36.1 Å². The number of hydrogen-bond acceptors (Lipinski definition) is 3. The molecule has 3 rings (SSSR count). The lowest BCUT2D eigenvalue weighted by Gasteiger charge is -2.38. The van der Waals surface area contributed by atoms with Gasteiger partial charge in [0.2, 0.25) is 0 Å². The molecule has 0 radical (unpaired) electrons. The lowest BCUT2D eigenvalue weighted by Crippen LogP contribution is -2.47. The molecule has 0 aliphatic carbocycles. The Morgan fingerprint density at radius 2 is 2.22 bits per heavy atom. The van der Waals surface area contributed by atoms with Crippen molar-refractivity contribution in [3.05, 3.63) is 64.9 Å². The molecule has 0 amide bonds. The van der Waals surface area contributed by atoms with Crippen LogP contribution in [0.25, 0.3) is 0 Å². The molecule has 1 saturated heterocycles. The minimum Gasteiger partial charge on any atom is -0.314 e. The normalized spacial score (nSPS) is 19.8. The largest absolute Gasteiger partial charge is 0.314 e. The fourth-order valence-corrected chi connectivity index (χ4v) is 3.34. The average Bonchev–Trinajstić information content (AvgIpc) is 2.56. The highest BCUT2D eigenvalue weighted by molar-refractivity contribution is 6.30. The summed E-state index contributed by atoms with van der Waals surface area (Å²) in [6, 6.07) is 12.8. The first-order chi connectivity index (χ1) is 10.7. The number of nitrogens with zero attached hydrogens (tertiary/aromatic N) is 2. The van der Waals surface area contributed by atoms with Gasteiger partial charge in [-0.25, -0.2) is 0 Å². The highest BCUT2D eigenvalue weighted by atomic mass is 35.5. The molecule has 124 valence electrons. The maximum Gasteiger partial charge on any atom is 0.0488 e. The SMILES string of the molecule is CC(CN1CCNCC1c1cccnc1)c1cccc(Cl)c1.Cl. The van der Waals surface area contributed by atoms with Gasteiger partial charge in [-0.2, -0.15) is 0 Å². The standard InChI is InChI=1S/C18H22ClN3.ClH/c1-14(15-4-2-6-17(19)10-15)13-22-9-8-21-12-18(22)16-5-3-7-20-11-16;/h2-7,10-11,14,18,21H,8-9,12-13H2,1H3;1H. The van der Waals surface area contributed by atoms with Gasteiger partial charge < -0.3 is 5.32 Å². The zero-order valence-corrected chi connectivity index (χ0v) is 14.9. The van der Waals surface area contributed by atoms with E-state index in [4.69, 9.17) is 11.6 Å². The quantitative estimate of drug-likeness (QED) is 0.904. The fourth-order valence-electron chi connectivity index (χ4n) is 3.14. The highest BCUT2D eigenvalue weighted by Crippen LogP contribution is 2.26. The number of rotatable bonds is 4. The number of piperazine rings is 1. The smallest absolute Gasteiger partial charge is 0.0488 e. The second kappa shape index (κ2) is 8.65. The highest BCUT2D eigenvalue weighted by Gasteiger charge is 2.25. The minimum absolute atomic E-state index is 0. The van der Waals surface area contributed by atoms with Gasteiger partial charge in [-0.1, -0.05) is 36.7 Å². The molecule has 5 heteroatoms. The van der Waals surface area contributed by atoms with Gasteiger partial charge in [-0.15, -0.1) is 12.4 Å². The van der Waals surface area contributed by atoms with Crippen molar-refractivity contribution >= 4 is 24.0 Å². The van der Waals surface area contributed by atoms with Gasteiger partial charge >= 0.3 is 0 Å². The van der Waals surface area contributed by atoms with Crippen LogP contribution in [0, 0.1) is 0 Å². The van der Waals surface area contributed by atoms with Gasteiger partial charge in [0.1, 0.15) is 0 Å². The van der Waals surface area contributed by atoms with Crippen LogP contribution in [0.15, 0.2) is 48.8 Å². The van der Waals surface area contributed by atoms with E-state index in [0.717, 1.165) is 31.2 Å². The Balaban J connectivity index is 0.00000192. The van der Waals surface area contributed by atoms with Crippen molar-refractivity contribution in [2.24, 2.45) is 0 Å². The molecule has 1 N–H and O–H groups in total. The van der Waals surface area contributed by atoms with E-state index >= 15 is 0 Å². The van der Waals surface area contributed by atoms with Crippen LogP contribution in [0.3, 0.4) is 0 Å². The van der Waals surface area contributed by atoms with Crippen molar-refractivity contribution in [2.45, 2.75) is 18.9 Å². The molecule has 1 aliphatic rings. The summed E-state index contributed by atoms with van der Waals surface area (Å²) in [5.74, 6) is 0.455. The van der Waals surface area contributed by atoms with E-state index < -0.39 is 0 Å². The minimum atomic E-state index is 0. The lowest BCUT2D eigenvalue weighted by molar-refractivity contribution is 0.154. The third-order valence-corrected chi connectivity index (χ3v) is 4.58. The molecule has 2 unspecified atom stereocenters. The molecule has 23 heavy (non-hydrogen) atoms. The summed E-state index contributed by atoms with van der Waals surface area (Å²) in [6.07, 6.45) is 3.81. The van der Waals surface area contributed by atoms with Crippen molar-refractivity contribution < 1.29 is 0 Å². The number of nitrogens with one attached hydrogen (secondary N) is 1. The lowest BCUT2D eigenvalue weighted by atomic mass is 9.98. The first-order valence-corrected chi connectivity index (χ1v) is 8.22. The molecule has 0 spiro atoms. The molecule has 3 nitrogen and oxygen atoms in total. The van der Waals surface area contributed by atoms with Crippen molar-refractivity contribution in [3.63, 3.8) is 0 Å². The zero-order valence-electron chi connectivity index (χ0n) is 13.3. The zero-order chi connectivity index (χ0) is 15.4. The third kappa shape index (κ3) is 4.67. The Kier molecular flexibility index (Phi) is 6.85. The summed E-state index contributed by atoms with van der Waals surface area (Å²) in [5.41, 5.74) is 2.59. The fraction of sp³-hybridized carbons (Fsp3) is 0.389. The van der Waals surface area contributed by atoms with Crippen LogP contribution < -0.4 is 5.32 Å². The van der Waals surface area contributed by atoms with E-state index in [0.29, 0.717) is 12.0 Å². The van der Waals surface area contributed by atoms with Crippen LogP contribution in [0.2, 0.25) is 5.02 Å². The molecule has 0 saturated carbocycles. The Labute approximate surface area is 149 Å². The molecular weight excluding hydrogens is 329 g/mol. The van der Waals surface area contributed by atoms with Crippen molar-refractivity contribution in [1.82, 2.24) is 15.2 Å². The van der Waals surface area contributed by atoms with Crippen LogP contribution in [0.1, 0.15) is 30.0 Å². The summed E-state index contributed by atoms with van der Waals surface area (Å²) >= 11 is 6.12. The molecule has 1 fully saturated rings. The second-order valence-corrected chi connectivity index (χ2v) is 6.39. The topological polar surface area (TPSA) is 28.2 Å². The van der Waals surface area contributed by atoms with E-state index in [1.54, 1.807) is 0 Å². The molecule has 0 bridgehead atoms. The van der Waals surface area contributed by atoms with Crippen LogP contribution in [0.4, 0.5) is 0 Å². The summed E-state index contributed by atoms with van der Waals surface area (Å²) < 4.78 is 0. The van der Waals surface area contributed by atoms with Gasteiger partial charge in [0.15, 0.2) is 0 Å². The first kappa shape index (κ1) is 18.2. The summed E-state index contributed by atoms with van der Waals surface area (Å²) in [6.45, 7) is 6.38. The van der Waals surface area contributed by atoms with Crippen LogP contribution in [-0.2, 0) is 0 Å². The number of hydrogen-bond donors (Lipinski definition) is 1. The molecule has 1 aromatic carbocycles. The van der Waals surface area contributed by atoms with Crippen LogP contribution in [0.5, 0.6) is 0 Å². The van der Waals surface area contributed by atoms with Crippen molar-refractivity contribution in [3.8, 4) is 0 Å². The van der Waals surface area contributed by atoms with Gasteiger partial charge in [0.05, 0.1) is 0 Å². The van der Waals surface area contributed by atoms with E-state index in [1.165, 1.54) is 11.1 Å². The van der Waals surface area contributed by atoms with Gasteiger partial charge in [0.25, 0.3) is 0 Å². The first-order valence-electron chi connectivity index (χ1n) is 7.84. The predicted octanol–water partition coefficient (Wildman–Crippen LogP) is 3.91. The maximum absolute atomic E-state index is 6.12. The van der Waals surface area contributed by atoms with Crippen molar-refractivity contribution in [2.75, 3.05) is 26.2 Å². The third-order valence-electron chi connectivity index (χ3n) is 4.35. The summed E-state index contributed by atoms with van der Waals surface area (Å²) in [4.78, 5) is 6.83. The summed E-state index contributed by atoms with van der Waals surface area (Å²) in [7, 11) is 0. The molecule has 2 aromatic rings. The molecule has 1 aromatic heterocycles. The Morgan fingerprint density at radius 3 is 2.96 bits per heavy atom. The number of pyridine rings is 1. The molecule has 1 aliphatic heterocycles. The molecule has 2 atom stereocenters. The molecule has 2 heterocycles. The van der Waals surface area contributed by atoms with Gasteiger partial charge in [0, 0.05) is 49.6 Å².